The largest absolute Gasteiger partial charge is 0.446 e. The van der Waals surface area contributed by atoms with Gasteiger partial charge in [-0.3, -0.25) is 5.32 Å². The van der Waals surface area contributed by atoms with E-state index in [0.29, 0.717) is 11.6 Å². The fourth-order valence-corrected chi connectivity index (χ4v) is 4.86. The molecule has 2 heterocycles. The lowest BCUT2D eigenvalue weighted by Gasteiger charge is -2.29. The van der Waals surface area contributed by atoms with Crippen molar-refractivity contribution in [1.29, 1.82) is 0 Å². The Balaban J connectivity index is 1.43. The van der Waals surface area contributed by atoms with E-state index in [2.05, 4.69) is 46.8 Å². The number of amides is 1. The number of benzene rings is 2. The molecule has 0 spiro atoms. The molecule has 3 aromatic rings. The van der Waals surface area contributed by atoms with Gasteiger partial charge in [0.15, 0.2) is 0 Å². The molecule has 1 aromatic heterocycles. The predicted octanol–water partition coefficient (Wildman–Crippen LogP) is 5.66. The third-order valence-corrected chi connectivity index (χ3v) is 6.90. The number of aromatic nitrogens is 1. The monoisotopic (exact) mass is 462 g/mol. The molecular formula is C27H34N4O3. The standard InChI is InChI=1S/C27H34N4O3/c1-17(2)31-24-16-22(30-12-14-33-15-13-30)10-11-23(24)25(28)26(31)20-6-8-21(9-7-20)29-27(32)34-18(3)19-4-5-19/h6-11,16-19H,4-5,12-15,28H2,1-3H3,(H,29,32)/t18-/m1/s1. The van der Waals surface area contributed by atoms with Crippen molar-refractivity contribution < 1.29 is 14.3 Å². The van der Waals surface area contributed by atoms with Gasteiger partial charge in [0.25, 0.3) is 0 Å². The molecule has 1 aliphatic carbocycles. The molecule has 1 saturated carbocycles. The van der Waals surface area contributed by atoms with Crippen molar-refractivity contribution >= 4 is 34.1 Å². The van der Waals surface area contributed by atoms with Crippen LogP contribution in [0.4, 0.5) is 21.9 Å². The summed E-state index contributed by atoms with van der Waals surface area (Å²) < 4.78 is 13.3. The molecule has 7 heteroatoms. The van der Waals surface area contributed by atoms with Crippen LogP contribution in [0.5, 0.6) is 0 Å². The van der Waals surface area contributed by atoms with Gasteiger partial charge in [-0.2, -0.15) is 0 Å². The highest BCUT2D eigenvalue weighted by molar-refractivity contribution is 6.02. The summed E-state index contributed by atoms with van der Waals surface area (Å²) in [6.45, 7) is 9.61. The Labute approximate surface area is 200 Å². The van der Waals surface area contributed by atoms with Crippen LogP contribution in [-0.4, -0.2) is 43.1 Å². The minimum absolute atomic E-state index is 0.0387. The van der Waals surface area contributed by atoms with Crippen LogP contribution in [0.1, 0.15) is 39.7 Å². The zero-order valence-electron chi connectivity index (χ0n) is 20.2. The Morgan fingerprint density at radius 1 is 1.09 bits per heavy atom. The fourth-order valence-electron chi connectivity index (χ4n) is 4.86. The van der Waals surface area contributed by atoms with Gasteiger partial charge in [-0.1, -0.05) is 12.1 Å². The second-order valence-electron chi connectivity index (χ2n) is 9.68. The van der Waals surface area contributed by atoms with Gasteiger partial charge in [0.05, 0.1) is 30.1 Å². The SMILES string of the molecule is CC(C)n1c(-c2ccc(NC(=O)O[C@H](C)C3CC3)cc2)c(N)c2ccc(N3CCOCC3)cc21. The van der Waals surface area contributed by atoms with Crippen molar-refractivity contribution in [3.8, 4) is 11.3 Å². The van der Waals surface area contributed by atoms with Crippen molar-refractivity contribution in [3.63, 3.8) is 0 Å². The second-order valence-corrected chi connectivity index (χ2v) is 9.68. The zero-order chi connectivity index (χ0) is 23.8. The smallest absolute Gasteiger partial charge is 0.411 e. The Morgan fingerprint density at radius 3 is 2.44 bits per heavy atom. The molecule has 2 aliphatic rings. The molecule has 0 unspecified atom stereocenters. The van der Waals surface area contributed by atoms with Gasteiger partial charge in [-0.15, -0.1) is 0 Å². The van der Waals surface area contributed by atoms with Gasteiger partial charge in [-0.25, -0.2) is 4.79 Å². The van der Waals surface area contributed by atoms with Crippen molar-refractivity contribution in [3.05, 3.63) is 42.5 Å². The minimum atomic E-state index is -0.404. The Morgan fingerprint density at radius 2 is 1.79 bits per heavy atom. The second kappa shape index (κ2) is 9.22. The number of nitrogens with two attached hydrogens (primary N) is 1. The van der Waals surface area contributed by atoms with E-state index in [1.54, 1.807) is 0 Å². The van der Waals surface area contributed by atoms with E-state index in [9.17, 15) is 4.79 Å². The van der Waals surface area contributed by atoms with Gasteiger partial charge in [0.1, 0.15) is 6.10 Å². The van der Waals surface area contributed by atoms with Crippen molar-refractivity contribution in [2.24, 2.45) is 5.92 Å². The molecule has 1 aliphatic heterocycles. The minimum Gasteiger partial charge on any atom is -0.446 e. The summed E-state index contributed by atoms with van der Waals surface area (Å²) in [6, 6.07) is 14.6. The molecular weight excluding hydrogens is 428 g/mol. The van der Waals surface area contributed by atoms with Crippen LogP contribution < -0.4 is 16.0 Å². The summed E-state index contributed by atoms with van der Waals surface area (Å²) in [6.07, 6.45) is 1.84. The maximum atomic E-state index is 12.2. The molecule has 0 bridgehead atoms. The van der Waals surface area contributed by atoms with Gasteiger partial charge in [0, 0.05) is 41.5 Å². The van der Waals surface area contributed by atoms with Gasteiger partial charge >= 0.3 is 6.09 Å². The summed E-state index contributed by atoms with van der Waals surface area (Å²) in [5.41, 5.74) is 12.5. The number of carbonyl (C=O) groups is 1. The van der Waals surface area contributed by atoms with E-state index in [-0.39, 0.29) is 12.1 Å². The van der Waals surface area contributed by atoms with Crippen LogP contribution in [0.3, 0.4) is 0 Å². The van der Waals surface area contributed by atoms with Crippen LogP contribution in [0.2, 0.25) is 0 Å². The number of ether oxygens (including phenoxy) is 2. The number of rotatable bonds is 6. The Hall–Kier alpha value is -3.19. The topological polar surface area (TPSA) is 81.8 Å². The van der Waals surface area contributed by atoms with Gasteiger partial charge in [0.2, 0.25) is 0 Å². The summed E-state index contributed by atoms with van der Waals surface area (Å²) in [7, 11) is 0. The average molecular weight is 463 g/mol. The number of anilines is 3. The average Bonchev–Trinajstić information content (AvgIpc) is 3.64. The van der Waals surface area contributed by atoms with Crippen LogP contribution in [0, 0.1) is 5.92 Å². The number of nitrogens with one attached hydrogen (secondary N) is 1. The normalized spacial score (nSPS) is 17.2. The highest BCUT2D eigenvalue weighted by atomic mass is 16.6. The van der Waals surface area contributed by atoms with Crippen molar-refractivity contribution in [2.75, 3.05) is 42.3 Å². The van der Waals surface area contributed by atoms with Crippen LogP contribution in [0.15, 0.2) is 42.5 Å². The fraction of sp³-hybridized carbons (Fsp3) is 0.444. The Bertz CT molecular complexity index is 1170. The quantitative estimate of drug-likeness (QED) is 0.494. The molecule has 34 heavy (non-hydrogen) atoms. The van der Waals surface area contributed by atoms with E-state index >= 15 is 0 Å². The summed E-state index contributed by atoms with van der Waals surface area (Å²) >= 11 is 0. The van der Waals surface area contributed by atoms with Crippen molar-refractivity contribution in [2.45, 2.75) is 45.8 Å². The highest BCUT2D eigenvalue weighted by Gasteiger charge is 2.30. The number of carbonyl (C=O) groups excluding carboxylic acids is 1. The first-order valence-corrected chi connectivity index (χ1v) is 12.3. The highest BCUT2D eigenvalue weighted by Crippen LogP contribution is 2.40. The first-order valence-electron chi connectivity index (χ1n) is 12.3. The number of morpholine rings is 1. The van der Waals surface area contributed by atoms with E-state index in [1.807, 2.05) is 31.2 Å². The van der Waals surface area contributed by atoms with Crippen LogP contribution in [0.25, 0.3) is 22.2 Å². The van der Waals surface area contributed by atoms with E-state index < -0.39 is 6.09 Å². The number of hydrogen-bond donors (Lipinski definition) is 2. The van der Waals surface area contributed by atoms with Crippen LogP contribution in [-0.2, 0) is 9.47 Å². The van der Waals surface area contributed by atoms with E-state index in [4.69, 9.17) is 15.2 Å². The van der Waals surface area contributed by atoms with Crippen LogP contribution >= 0.6 is 0 Å². The molecule has 2 aromatic carbocycles. The van der Waals surface area contributed by atoms with Gasteiger partial charge < -0.3 is 24.7 Å². The van der Waals surface area contributed by atoms with Crippen molar-refractivity contribution in [1.82, 2.24) is 4.57 Å². The molecule has 5 rings (SSSR count). The first kappa shape index (κ1) is 22.6. The molecule has 1 amide bonds. The lowest BCUT2D eigenvalue weighted by Crippen LogP contribution is -2.36. The molecule has 180 valence electrons. The molecule has 1 atom stereocenters. The zero-order valence-corrected chi connectivity index (χ0v) is 20.2. The maximum absolute atomic E-state index is 12.2. The third kappa shape index (κ3) is 4.44. The number of nitrogens with zero attached hydrogens (tertiary/aromatic N) is 2. The summed E-state index contributed by atoms with van der Waals surface area (Å²) in [4.78, 5) is 14.6. The molecule has 7 nitrogen and oxygen atoms in total. The summed E-state index contributed by atoms with van der Waals surface area (Å²) in [5, 5.41) is 3.90. The maximum Gasteiger partial charge on any atom is 0.411 e. The first-order chi connectivity index (χ1) is 16.4. The molecule has 0 radical (unpaired) electrons. The molecule has 1 saturated heterocycles. The number of nitrogen functional groups attached to an aromatic ring is 1. The van der Waals surface area contributed by atoms with E-state index in [0.717, 1.165) is 67.0 Å². The lowest BCUT2D eigenvalue weighted by atomic mass is 10.1. The number of hydrogen-bond acceptors (Lipinski definition) is 5. The Kier molecular flexibility index (Phi) is 6.13. The van der Waals surface area contributed by atoms with Gasteiger partial charge in [-0.05, 0) is 69.9 Å². The van der Waals surface area contributed by atoms with E-state index in [1.165, 1.54) is 5.69 Å². The summed E-state index contributed by atoms with van der Waals surface area (Å²) in [5.74, 6) is 0.512. The number of fused-ring (bicyclic) bond motifs is 1. The predicted molar refractivity (Wildman–Crippen MR) is 137 cm³/mol. The third-order valence-electron chi connectivity index (χ3n) is 6.90. The lowest BCUT2D eigenvalue weighted by molar-refractivity contribution is 0.108. The molecule has 2 fully saturated rings. The molecule has 3 N–H and O–H groups in total.